The van der Waals surface area contributed by atoms with E-state index in [-0.39, 0.29) is 0 Å². The number of hydrogen-bond donors (Lipinski definition) is 1. The van der Waals surface area contributed by atoms with Crippen molar-refractivity contribution in [2.45, 2.75) is 13.8 Å². The SMILES string of the molecule is Cc1cc2[nH]c(C)c(Br)c2cc1C#N. The topological polar surface area (TPSA) is 39.6 Å². The Hall–Kier alpha value is -1.27. The largest absolute Gasteiger partial charge is 0.358 e. The normalized spacial score (nSPS) is 10.4. The first-order chi connectivity index (χ1) is 6.63. The van der Waals surface area contributed by atoms with Crippen LogP contribution in [0.4, 0.5) is 0 Å². The van der Waals surface area contributed by atoms with Gasteiger partial charge in [0.05, 0.1) is 11.6 Å². The van der Waals surface area contributed by atoms with Gasteiger partial charge in [-0.2, -0.15) is 5.26 Å². The van der Waals surface area contributed by atoms with Crippen molar-refractivity contribution in [2.24, 2.45) is 0 Å². The third-order valence-corrected chi connectivity index (χ3v) is 3.39. The quantitative estimate of drug-likeness (QED) is 0.763. The second kappa shape index (κ2) is 3.14. The summed E-state index contributed by atoms with van der Waals surface area (Å²) in [6, 6.07) is 6.11. The van der Waals surface area contributed by atoms with E-state index < -0.39 is 0 Å². The van der Waals surface area contributed by atoms with Crippen LogP contribution in [0.3, 0.4) is 0 Å². The number of aryl methyl sites for hydroxylation is 2. The Balaban J connectivity index is 2.88. The van der Waals surface area contributed by atoms with Crippen molar-refractivity contribution in [3.63, 3.8) is 0 Å². The van der Waals surface area contributed by atoms with Crippen LogP contribution < -0.4 is 0 Å². The number of aromatic amines is 1. The zero-order valence-electron chi connectivity index (χ0n) is 7.98. The Bertz CT molecular complexity index is 546. The van der Waals surface area contributed by atoms with Crippen LogP contribution in [0.1, 0.15) is 16.8 Å². The van der Waals surface area contributed by atoms with Crippen LogP contribution >= 0.6 is 15.9 Å². The second-order valence-corrected chi connectivity index (χ2v) is 4.18. The van der Waals surface area contributed by atoms with E-state index in [9.17, 15) is 0 Å². The molecular weight excluding hydrogens is 240 g/mol. The number of fused-ring (bicyclic) bond motifs is 1. The van der Waals surface area contributed by atoms with E-state index in [1.165, 1.54) is 0 Å². The van der Waals surface area contributed by atoms with Gasteiger partial charge in [-0.1, -0.05) is 0 Å². The van der Waals surface area contributed by atoms with E-state index in [0.29, 0.717) is 0 Å². The number of halogens is 1. The number of aromatic nitrogens is 1. The Kier molecular flexibility index (Phi) is 2.09. The molecule has 0 aliphatic heterocycles. The molecule has 2 aromatic rings. The maximum Gasteiger partial charge on any atom is 0.0994 e. The maximum absolute atomic E-state index is 8.90. The average molecular weight is 249 g/mol. The fourth-order valence-corrected chi connectivity index (χ4v) is 2.00. The summed E-state index contributed by atoms with van der Waals surface area (Å²) in [7, 11) is 0. The van der Waals surface area contributed by atoms with Crippen LogP contribution in [0, 0.1) is 25.2 Å². The van der Waals surface area contributed by atoms with Crippen molar-refractivity contribution in [3.05, 3.63) is 33.4 Å². The van der Waals surface area contributed by atoms with Gasteiger partial charge >= 0.3 is 0 Å². The van der Waals surface area contributed by atoms with Crippen molar-refractivity contribution < 1.29 is 0 Å². The molecule has 2 rings (SSSR count). The summed E-state index contributed by atoms with van der Waals surface area (Å²) in [5.41, 5.74) is 3.91. The molecule has 0 bridgehead atoms. The zero-order valence-corrected chi connectivity index (χ0v) is 9.57. The van der Waals surface area contributed by atoms with Crippen molar-refractivity contribution in [3.8, 4) is 6.07 Å². The molecule has 0 radical (unpaired) electrons. The molecule has 0 spiro atoms. The van der Waals surface area contributed by atoms with Gasteiger partial charge in [0.15, 0.2) is 0 Å². The van der Waals surface area contributed by atoms with Gasteiger partial charge in [-0.3, -0.25) is 0 Å². The summed E-state index contributed by atoms with van der Waals surface area (Å²) in [5, 5.41) is 9.97. The monoisotopic (exact) mass is 248 g/mol. The highest BCUT2D eigenvalue weighted by molar-refractivity contribution is 9.10. The third-order valence-electron chi connectivity index (χ3n) is 2.37. The summed E-state index contributed by atoms with van der Waals surface area (Å²) in [6.45, 7) is 3.95. The van der Waals surface area contributed by atoms with Crippen LogP contribution in [-0.4, -0.2) is 4.98 Å². The highest BCUT2D eigenvalue weighted by Crippen LogP contribution is 2.29. The van der Waals surface area contributed by atoms with Gasteiger partial charge in [0.2, 0.25) is 0 Å². The van der Waals surface area contributed by atoms with Crippen LogP contribution in [0.2, 0.25) is 0 Å². The number of nitrogens with zero attached hydrogens (tertiary/aromatic N) is 1. The van der Waals surface area contributed by atoms with Gasteiger partial charge in [0.25, 0.3) is 0 Å². The van der Waals surface area contributed by atoms with E-state index in [4.69, 9.17) is 5.26 Å². The molecule has 3 heteroatoms. The number of benzene rings is 1. The molecule has 1 N–H and O–H groups in total. The minimum Gasteiger partial charge on any atom is -0.358 e. The first-order valence-corrected chi connectivity index (χ1v) is 5.11. The maximum atomic E-state index is 8.90. The van der Waals surface area contributed by atoms with Gasteiger partial charge in [-0.15, -0.1) is 0 Å². The summed E-state index contributed by atoms with van der Waals surface area (Å²) >= 11 is 3.50. The number of nitrogens with one attached hydrogen (secondary N) is 1. The molecule has 0 aliphatic carbocycles. The molecule has 1 aromatic heterocycles. The predicted molar refractivity (Wildman–Crippen MR) is 60.2 cm³/mol. The molecule has 14 heavy (non-hydrogen) atoms. The number of hydrogen-bond acceptors (Lipinski definition) is 1. The van der Waals surface area contributed by atoms with E-state index in [1.807, 2.05) is 26.0 Å². The molecule has 1 heterocycles. The first kappa shape index (κ1) is 9.29. The van der Waals surface area contributed by atoms with E-state index in [0.717, 1.165) is 32.2 Å². The highest BCUT2D eigenvalue weighted by Gasteiger charge is 2.08. The molecule has 0 saturated carbocycles. The fraction of sp³-hybridized carbons (Fsp3) is 0.182. The standard InChI is InChI=1S/C11H9BrN2/c1-6-3-10-9(4-8(6)5-13)11(12)7(2)14-10/h3-4,14H,1-2H3. The molecule has 0 fully saturated rings. The summed E-state index contributed by atoms with van der Waals surface area (Å²) in [6.07, 6.45) is 0. The van der Waals surface area contributed by atoms with Crippen molar-refractivity contribution in [2.75, 3.05) is 0 Å². The third kappa shape index (κ3) is 1.23. The smallest absolute Gasteiger partial charge is 0.0994 e. The predicted octanol–water partition coefficient (Wildman–Crippen LogP) is 3.42. The van der Waals surface area contributed by atoms with Gasteiger partial charge in [0.1, 0.15) is 0 Å². The lowest BCUT2D eigenvalue weighted by Gasteiger charge is -1.97. The lowest BCUT2D eigenvalue weighted by molar-refractivity contribution is 1.28. The zero-order chi connectivity index (χ0) is 10.3. The van der Waals surface area contributed by atoms with Crippen LogP contribution in [0.15, 0.2) is 16.6 Å². The van der Waals surface area contributed by atoms with Gasteiger partial charge in [-0.25, -0.2) is 0 Å². The number of rotatable bonds is 0. The molecule has 0 unspecified atom stereocenters. The van der Waals surface area contributed by atoms with Crippen LogP contribution in [0.5, 0.6) is 0 Å². The Morgan fingerprint density at radius 2 is 2.07 bits per heavy atom. The Morgan fingerprint density at radius 1 is 1.36 bits per heavy atom. The summed E-state index contributed by atoms with van der Waals surface area (Å²) < 4.78 is 1.05. The molecule has 0 atom stereocenters. The van der Waals surface area contributed by atoms with Crippen molar-refractivity contribution >= 4 is 26.8 Å². The van der Waals surface area contributed by atoms with E-state index >= 15 is 0 Å². The van der Waals surface area contributed by atoms with Gasteiger partial charge in [-0.05, 0) is 47.5 Å². The summed E-state index contributed by atoms with van der Waals surface area (Å²) in [5.74, 6) is 0. The average Bonchev–Trinajstić information content (AvgIpc) is 2.41. The molecule has 0 saturated heterocycles. The molecule has 2 nitrogen and oxygen atoms in total. The summed E-state index contributed by atoms with van der Waals surface area (Å²) in [4.78, 5) is 3.26. The van der Waals surface area contributed by atoms with Crippen molar-refractivity contribution in [1.29, 1.82) is 5.26 Å². The fourth-order valence-electron chi connectivity index (χ4n) is 1.57. The molecule has 0 aliphatic rings. The lowest BCUT2D eigenvalue weighted by atomic mass is 10.1. The Morgan fingerprint density at radius 3 is 2.71 bits per heavy atom. The van der Waals surface area contributed by atoms with Gasteiger partial charge < -0.3 is 4.98 Å². The lowest BCUT2D eigenvalue weighted by Crippen LogP contribution is -1.81. The van der Waals surface area contributed by atoms with Crippen LogP contribution in [0.25, 0.3) is 10.9 Å². The number of nitriles is 1. The van der Waals surface area contributed by atoms with E-state index in [2.05, 4.69) is 27.0 Å². The molecular formula is C11H9BrN2. The second-order valence-electron chi connectivity index (χ2n) is 3.39. The first-order valence-electron chi connectivity index (χ1n) is 4.32. The Labute approximate surface area is 90.7 Å². The molecule has 1 aromatic carbocycles. The van der Waals surface area contributed by atoms with Gasteiger partial charge in [0, 0.05) is 21.1 Å². The minimum absolute atomic E-state index is 0.734. The van der Waals surface area contributed by atoms with Crippen LogP contribution in [-0.2, 0) is 0 Å². The van der Waals surface area contributed by atoms with E-state index in [1.54, 1.807) is 0 Å². The number of H-pyrrole nitrogens is 1. The van der Waals surface area contributed by atoms with Crippen molar-refractivity contribution in [1.82, 2.24) is 4.98 Å². The highest BCUT2D eigenvalue weighted by atomic mass is 79.9. The molecule has 70 valence electrons. The minimum atomic E-state index is 0.734. The molecule has 0 amide bonds.